The predicted octanol–water partition coefficient (Wildman–Crippen LogP) is 0.262. The van der Waals surface area contributed by atoms with Crippen LogP contribution in [0.5, 0.6) is 0 Å². The number of amides is 1. The van der Waals surface area contributed by atoms with Crippen molar-refractivity contribution >= 4 is 22.9 Å². The number of methoxy groups -OCH3 is 1. The van der Waals surface area contributed by atoms with E-state index >= 15 is 0 Å². The van der Waals surface area contributed by atoms with Crippen molar-refractivity contribution in [2.24, 2.45) is 4.99 Å². The van der Waals surface area contributed by atoms with Gasteiger partial charge in [0.25, 0.3) is 11.1 Å². The zero-order chi connectivity index (χ0) is 5.98. The van der Waals surface area contributed by atoms with E-state index in [4.69, 9.17) is 0 Å². The normalized spacial score (nSPS) is 18.6. The summed E-state index contributed by atoms with van der Waals surface area (Å²) >= 11 is 1.33. The van der Waals surface area contributed by atoms with Crippen molar-refractivity contribution in [2.75, 3.05) is 12.9 Å². The second-order valence-electron chi connectivity index (χ2n) is 1.26. The zero-order valence-corrected chi connectivity index (χ0v) is 5.20. The molecule has 0 aromatic carbocycles. The minimum absolute atomic E-state index is 0.105. The smallest absolute Gasteiger partial charge is 0.259 e. The van der Waals surface area contributed by atoms with Crippen LogP contribution in [0.4, 0.5) is 0 Å². The van der Waals surface area contributed by atoms with Crippen LogP contribution in [0, 0.1) is 0 Å². The monoisotopic (exact) mass is 131 g/mol. The van der Waals surface area contributed by atoms with Gasteiger partial charge in [0.15, 0.2) is 0 Å². The van der Waals surface area contributed by atoms with Gasteiger partial charge in [0, 0.05) is 0 Å². The summed E-state index contributed by atoms with van der Waals surface area (Å²) in [6.07, 6.45) is 0. The molecule has 1 rings (SSSR count). The second kappa shape index (κ2) is 2.17. The van der Waals surface area contributed by atoms with Gasteiger partial charge < -0.3 is 4.74 Å². The van der Waals surface area contributed by atoms with E-state index in [2.05, 4.69) is 9.73 Å². The van der Waals surface area contributed by atoms with Gasteiger partial charge in [-0.3, -0.25) is 4.79 Å². The van der Waals surface area contributed by atoms with Crippen molar-refractivity contribution < 1.29 is 9.53 Å². The van der Waals surface area contributed by atoms with E-state index in [1.54, 1.807) is 0 Å². The minimum atomic E-state index is -0.105. The molecular formula is C4H5NO2S. The van der Waals surface area contributed by atoms with Gasteiger partial charge in [-0.1, -0.05) is 11.8 Å². The third-order valence-electron chi connectivity index (χ3n) is 0.710. The summed E-state index contributed by atoms with van der Waals surface area (Å²) in [4.78, 5) is 13.8. The third-order valence-corrected chi connectivity index (χ3v) is 1.61. The van der Waals surface area contributed by atoms with Gasteiger partial charge in [-0.25, -0.2) is 0 Å². The highest BCUT2D eigenvalue weighted by atomic mass is 32.2. The van der Waals surface area contributed by atoms with Crippen LogP contribution in [0.1, 0.15) is 0 Å². The molecule has 0 aliphatic carbocycles. The molecule has 0 bridgehead atoms. The van der Waals surface area contributed by atoms with Gasteiger partial charge in [-0.2, -0.15) is 4.99 Å². The maximum atomic E-state index is 10.3. The second-order valence-corrected chi connectivity index (χ2v) is 2.19. The van der Waals surface area contributed by atoms with Crippen LogP contribution < -0.4 is 0 Å². The van der Waals surface area contributed by atoms with Gasteiger partial charge in [0.05, 0.1) is 12.9 Å². The van der Waals surface area contributed by atoms with Gasteiger partial charge in [-0.15, -0.1) is 0 Å². The van der Waals surface area contributed by atoms with Crippen LogP contribution in [0.15, 0.2) is 4.99 Å². The first-order chi connectivity index (χ1) is 3.83. The summed E-state index contributed by atoms with van der Waals surface area (Å²) in [6.45, 7) is 0. The van der Waals surface area contributed by atoms with Crippen molar-refractivity contribution in [3.8, 4) is 0 Å². The number of hydrogen-bond acceptors (Lipinski definition) is 3. The topological polar surface area (TPSA) is 38.7 Å². The van der Waals surface area contributed by atoms with Crippen LogP contribution in [-0.2, 0) is 9.53 Å². The average Bonchev–Trinajstić information content (AvgIpc) is 2.14. The molecule has 1 aliphatic rings. The fourth-order valence-electron chi connectivity index (χ4n) is 0.394. The molecule has 0 fully saturated rings. The lowest BCUT2D eigenvalue weighted by Crippen LogP contribution is -1.88. The van der Waals surface area contributed by atoms with Gasteiger partial charge in [0.1, 0.15) is 0 Å². The molecule has 4 heteroatoms. The summed E-state index contributed by atoms with van der Waals surface area (Å²) in [5, 5.41) is 0.481. The van der Waals surface area contributed by atoms with Gasteiger partial charge in [0.2, 0.25) is 0 Å². The maximum absolute atomic E-state index is 10.3. The first-order valence-electron chi connectivity index (χ1n) is 2.11. The molecule has 1 amide bonds. The molecule has 0 radical (unpaired) electrons. The summed E-state index contributed by atoms with van der Waals surface area (Å²) in [5.74, 6) is 0.329. The molecule has 0 saturated carbocycles. The summed E-state index contributed by atoms with van der Waals surface area (Å²) < 4.78 is 4.67. The summed E-state index contributed by atoms with van der Waals surface area (Å²) in [6, 6.07) is 0. The fourth-order valence-corrected chi connectivity index (χ4v) is 0.990. The Morgan fingerprint density at radius 3 is 2.88 bits per heavy atom. The first kappa shape index (κ1) is 5.62. The lowest BCUT2D eigenvalue weighted by atomic mass is 10.7. The van der Waals surface area contributed by atoms with Gasteiger partial charge >= 0.3 is 0 Å². The Balaban J connectivity index is 2.57. The van der Waals surface area contributed by atoms with E-state index in [0.717, 1.165) is 0 Å². The number of hydrogen-bond donors (Lipinski definition) is 0. The third kappa shape index (κ3) is 1.01. The molecule has 0 unspecified atom stereocenters. The van der Waals surface area contributed by atoms with E-state index in [-0.39, 0.29) is 5.91 Å². The quantitative estimate of drug-likeness (QED) is 0.473. The highest BCUT2D eigenvalue weighted by Crippen LogP contribution is 2.12. The highest BCUT2D eigenvalue weighted by Gasteiger charge is 2.13. The molecule has 3 nitrogen and oxygen atoms in total. The number of nitrogens with zero attached hydrogens (tertiary/aromatic N) is 1. The largest absolute Gasteiger partial charge is 0.476 e. The molecule has 0 saturated heterocycles. The Hall–Kier alpha value is -0.510. The summed E-state index contributed by atoms with van der Waals surface area (Å²) in [7, 11) is 1.50. The molecule has 0 aromatic heterocycles. The van der Waals surface area contributed by atoms with Gasteiger partial charge in [-0.05, 0) is 0 Å². The van der Waals surface area contributed by atoms with Crippen molar-refractivity contribution in [3.63, 3.8) is 0 Å². The molecule has 8 heavy (non-hydrogen) atoms. The Labute approximate surface area is 51.1 Å². The van der Waals surface area contributed by atoms with Crippen LogP contribution in [-0.4, -0.2) is 24.0 Å². The molecule has 0 spiro atoms. The number of carbonyl (C=O) groups excluding carboxylic acids is 1. The molecule has 1 aliphatic heterocycles. The van der Waals surface area contributed by atoms with Crippen molar-refractivity contribution in [3.05, 3.63) is 0 Å². The Morgan fingerprint density at radius 2 is 2.62 bits per heavy atom. The molecule has 0 aromatic rings. The molecule has 1 heterocycles. The summed E-state index contributed by atoms with van der Waals surface area (Å²) in [5.41, 5.74) is 0. The van der Waals surface area contributed by atoms with E-state index < -0.39 is 0 Å². The van der Waals surface area contributed by atoms with Crippen LogP contribution in [0.25, 0.3) is 0 Å². The molecule has 0 atom stereocenters. The average molecular weight is 131 g/mol. The first-order valence-corrected chi connectivity index (χ1v) is 3.10. The maximum Gasteiger partial charge on any atom is 0.259 e. The Morgan fingerprint density at radius 1 is 1.88 bits per heavy atom. The SMILES string of the molecule is COC1=NC(=O)CS1. The number of rotatable bonds is 0. The van der Waals surface area contributed by atoms with Crippen molar-refractivity contribution in [1.82, 2.24) is 0 Å². The molecular weight excluding hydrogens is 126 g/mol. The lowest BCUT2D eigenvalue weighted by molar-refractivity contribution is -0.115. The van der Waals surface area contributed by atoms with E-state index in [1.165, 1.54) is 18.9 Å². The fraction of sp³-hybridized carbons (Fsp3) is 0.500. The van der Waals surface area contributed by atoms with E-state index in [9.17, 15) is 4.79 Å². The molecule has 44 valence electrons. The Bertz CT molecular complexity index is 143. The van der Waals surface area contributed by atoms with Crippen LogP contribution in [0.3, 0.4) is 0 Å². The highest BCUT2D eigenvalue weighted by molar-refractivity contribution is 8.14. The predicted molar refractivity (Wildman–Crippen MR) is 31.9 cm³/mol. The number of carbonyl (C=O) groups is 1. The standard InChI is InChI=1S/C4H5NO2S/c1-7-4-5-3(6)2-8-4/h2H2,1H3. The van der Waals surface area contributed by atoms with Crippen LogP contribution in [0.2, 0.25) is 0 Å². The Kier molecular flexibility index (Phi) is 1.53. The molecule has 0 N–H and O–H groups in total. The minimum Gasteiger partial charge on any atom is -0.476 e. The number of ether oxygens (including phenoxy) is 1. The number of thioether (sulfide) groups is 1. The van der Waals surface area contributed by atoms with E-state index in [1.807, 2.05) is 0 Å². The zero-order valence-electron chi connectivity index (χ0n) is 4.38. The lowest BCUT2D eigenvalue weighted by Gasteiger charge is -1.89. The van der Waals surface area contributed by atoms with Crippen LogP contribution >= 0.6 is 11.8 Å². The van der Waals surface area contributed by atoms with E-state index in [0.29, 0.717) is 11.0 Å². The van der Waals surface area contributed by atoms with Crippen molar-refractivity contribution in [2.45, 2.75) is 0 Å². The number of aliphatic imine (C=N–C) groups is 1. The van der Waals surface area contributed by atoms with Crippen molar-refractivity contribution in [1.29, 1.82) is 0 Å².